The van der Waals surface area contributed by atoms with Crippen LogP contribution in [0.2, 0.25) is 0 Å². The van der Waals surface area contributed by atoms with Gasteiger partial charge in [-0.25, -0.2) is 4.79 Å². The van der Waals surface area contributed by atoms with Gasteiger partial charge < -0.3 is 25.6 Å². The number of aliphatic carboxylic acids is 1. The summed E-state index contributed by atoms with van der Waals surface area (Å²) >= 11 is 0.729. The summed E-state index contributed by atoms with van der Waals surface area (Å²) in [6, 6.07) is -1.93. The van der Waals surface area contributed by atoms with Crippen molar-refractivity contribution in [1.82, 2.24) is 10.6 Å². The van der Waals surface area contributed by atoms with Crippen molar-refractivity contribution < 1.29 is 38.9 Å². The van der Waals surface area contributed by atoms with Crippen molar-refractivity contribution in [2.45, 2.75) is 37.5 Å². The van der Waals surface area contributed by atoms with Crippen molar-refractivity contribution in [3.8, 4) is 0 Å². The number of carbonyl (C=O) groups excluding carboxylic acids is 4. The molecule has 142 valence electrons. The number of aliphatic hydroxyl groups is 1. The summed E-state index contributed by atoms with van der Waals surface area (Å²) in [7, 11) is 0. The van der Waals surface area contributed by atoms with Crippen LogP contribution < -0.4 is 16.4 Å². The van der Waals surface area contributed by atoms with Crippen molar-refractivity contribution in [1.29, 1.82) is 0 Å². The molecule has 0 bridgehead atoms. The SMILES string of the molecule is CC(=O)C(O)SC[C@H](NC(=O)NC[C@H](N)OC=O)C(=O)CCC(=O)O. The zero-order valence-electron chi connectivity index (χ0n) is 13.5. The molecule has 12 heteroatoms. The van der Waals surface area contributed by atoms with Gasteiger partial charge in [-0.3, -0.25) is 24.9 Å². The Morgan fingerprint density at radius 2 is 1.92 bits per heavy atom. The second kappa shape index (κ2) is 12.2. The third kappa shape index (κ3) is 11.1. The van der Waals surface area contributed by atoms with Gasteiger partial charge in [0.25, 0.3) is 6.47 Å². The van der Waals surface area contributed by atoms with E-state index in [0.717, 1.165) is 18.7 Å². The van der Waals surface area contributed by atoms with Crippen LogP contribution >= 0.6 is 11.8 Å². The minimum absolute atomic E-state index is 0.113. The van der Waals surface area contributed by atoms with Crippen molar-refractivity contribution in [2.24, 2.45) is 5.73 Å². The maximum Gasteiger partial charge on any atom is 0.315 e. The van der Waals surface area contributed by atoms with Crippen molar-refractivity contribution >= 4 is 41.8 Å². The van der Waals surface area contributed by atoms with E-state index in [0.29, 0.717) is 0 Å². The number of amides is 2. The highest BCUT2D eigenvalue weighted by Crippen LogP contribution is 2.12. The first-order valence-corrected chi connectivity index (χ1v) is 8.16. The predicted molar refractivity (Wildman–Crippen MR) is 86.5 cm³/mol. The van der Waals surface area contributed by atoms with Crippen molar-refractivity contribution in [3.05, 3.63) is 0 Å². The lowest BCUT2D eigenvalue weighted by molar-refractivity contribution is -0.138. The first kappa shape index (κ1) is 22.8. The molecule has 0 heterocycles. The summed E-state index contributed by atoms with van der Waals surface area (Å²) in [5.74, 6) is -2.41. The Morgan fingerprint density at radius 3 is 2.44 bits per heavy atom. The summed E-state index contributed by atoms with van der Waals surface area (Å²) in [6.07, 6.45) is -1.82. The zero-order valence-corrected chi connectivity index (χ0v) is 14.3. The molecule has 1 unspecified atom stereocenters. The number of urea groups is 1. The zero-order chi connectivity index (χ0) is 19.4. The number of ether oxygens (including phenoxy) is 1. The summed E-state index contributed by atoms with van der Waals surface area (Å²) in [5, 5.41) is 22.6. The molecule has 0 spiro atoms. The van der Waals surface area contributed by atoms with Gasteiger partial charge in [-0.15, -0.1) is 11.8 Å². The molecule has 0 aromatic carbocycles. The number of nitrogens with two attached hydrogens (primary N) is 1. The molecule has 3 atom stereocenters. The molecule has 0 aliphatic heterocycles. The van der Waals surface area contributed by atoms with Crippen LogP contribution in [-0.2, 0) is 23.9 Å². The molecule has 11 nitrogen and oxygen atoms in total. The lowest BCUT2D eigenvalue weighted by Crippen LogP contribution is -2.50. The normalized spacial score (nSPS) is 13.9. The predicted octanol–water partition coefficient (Wildman–Crippen LogP) is -1.81. The third-order valence-electron chi connectivity index (χ3n) is 2.74. The van der Waals surface area contributed by atoms with Gasteiger partial charge in [0.15, 0.2) is 23.2 Å². The Bertz CT molecular complexity index is 502. The van der Waals surface area contributed by atoms with Crippen molar-refractivity contribution in [3.63, 3.8) is 0 Å². The average Bonchev–Trinajstić information content (AvgIpc) is 2.54. The molecule has 0 fully saturated rings. The minimum atomic E-state index is -1.37. The lowest BCUT2D eigenvalue weighted by atomic mass is 10.1. The monoisotopic (exact) mass is 379 g/mol. The quantitative estimate of drug-likeness (QED) is 0.180. The number of rotatable bonds is 13. The van der Waals surface area contributed by atoms with Crippen LogP contribution in [0.3, 0.4) is 0 Å². The maximum atomic E-state index is 12.0. The number of thioether (sulfide) groups is 1. The Hall–Kier alpha value is -2.18. The number of nitrogens with one attached hydrogen (secondary N) is 2. The highest BCUT2D eigenvalue weighted by Gasteiger charge is 2.24. The van der Waals surface area contributed by atoms with Crippen LogP contribution in [0.25, 0.3) is 0 Å². The number of carboxylic acid groups (broad SMARTS) is 1. The molecular formula is C13H21N3O8S. The van der Waals surface area contributed by atoms with E-state index in [4.69, 9.17) is 10.8 Å². The largest absolute Gasteiger partial charge is 0.481 e. The number of carboxylic acids is 1. The summed E-state index contributed by atoms with van der Waals surface area (Å²) in [4.78, 5) is 55.4. The molecule has 0 rings (SSSR count). The first-order valence-electron chi connectivity index (χ1n) is 7.11. The van der Waals surface area contributed by atoms with Crippen LogP contribution in [0.4, 0.5) is 4.79 Å². The van der Waals surface area contributed by atoms with E-state index in [9.17, 15) is 29.1 Å². The molecule has 2 amide bonds. The van der Waals surface area contributed by atoms with E-state index in [1.165, 1.54) is 0 Å². The molecule has 0 aromatic heterocycles. The molecule has 6 N–H and O–H groups in total. The summed E-state index contributed by atoms with van der Waals surface area (Å²) in [6.45, 7) is 1.06. The van der Waals surface area contributed by atoms with E-state index in [2.05, 4.69) is 15.4 Å². The smallest absolute Gasteiger partial charge is 0.315 e. The number of hydrogen-bond donors (Lipinski definition) is 5. The van der Waals surface area contributed by atoms with Crippen LogP contribution in [0, 0.1) is 0 Å². The standard InChI is InChI=1S/C13H21N3O8S/c1-7(18)12(22)25-5-8(9(19)2-3-11(20)21)16-13(23)15-4-10(14)24-6-17/h6,8,10,12,22H,2-5,14H2,1H3,(H,20,21)(H2,15,16,23)/t8-,10+,12?/m0/s1. The Balaban J connectivity index is 4.66. The summed E-state index contributed by atoms with van der Waals surface area (Å²) < 4.78 is 4.36. The Kier molecular flexibility index (Phi) is 11.2. The van der Waals surface area contributed by atoms with E-state index in [1.807, 2.05) is 0 Å². The summed E-state index contributed by atoms with van der Waals surface area (Å²) in [5.41, 5.74) is 3.97. The molecular weight excluding hydrogens is 358 g/mol. The lowest BCUT2D eigenvalue weighted by Gasteiger charge is -2.19. The van der Waals surface area contributed by atoms with Crippen LogP contribution in [-0.4, -0.2) is 70.3 Å². The van der Waals surface area contributed by atoms with Gasteiger partial charge in [-0.1, -0.05) is 0 Å². The van der Waals surface area contributed by atoms with E-state index in [-0.39, 0.29) is 25.2 Å². The van der Waals surface area contributed by atoms with Gasteiger partial charge in [0.2, 0.25) is 0 Å². The fourth-order valence-electron chi connectivity index (χ4n) is 1.45. The van der Waals surface area contributed by atoms with Gasteiger partial charge in [0.05, 0.1) is 19.0 Å². The topological polar surface area (TPSA) is 185 Å². The number of carbonyl (C=O) groups is 5. The molecule has 0 radical (unpaired) electrons. The van der Waals surface area contributed by atoms with E-state index in [1.54, 1.807) is 0 Å². The molecule has 0 aliphatic rings. The van der Waals surface area contributed by atoms with Gasteiger partial charge in [0, 0.05) is 12.2 Å². The Labute approximate surface area is 147 Å². The molecule has 0 aliphatic carbocycles. The van der Waals surface area contributed by atoms with Gasteiger partial charge in [-0.05, 0) is 6.92 Å². The van der Waals surface area contributed by atoms with Crippen LogP contribution in [0.5, 0.6) is 0 Å². The molecule has 0 aromatic rings. The van der Waals surface area contributed by atoms with Crippen LogP contribution in [0.1, 0.15) is 19.8 Å². The number of hydrogen-bond acceptors (Lipinski definition) is 9. The van der Waals surface area contributed by atoms with E-state index >= 15 is 0 Å². The van der Waals surface area contributed by atoms with E-state index < -0.39 is 47.7 Å². The van der Waals surface area contributed by atoms with Gasteiger partial charge in [-0.2, -0.15) is 0 Å². The molecule has 0 saturated carbocycles. The van der Waals surface area contributed by atoms with Crippen LogP contribution in [0.15, 0.2) is 0 Å². The Morgan fingerprint density at radius 1 is 1.28 bits per heavy atom. The average molecular weight is 379 g/mol. The first-order chi connectivity index (χ1) is 11.7. The highest BCUT2D eigenvalue weighted by molar-refractivity contribution is 8.00. The minimum Gasteiger partial charge on any atom is -0.481 e. The maximum absolute atomic E-state index is 12.0. The molecule has 0 saturated heterocycles. The second-order valence-corrected chi connectivity index (χ2v) is 5.95. The second-order valence-electron chi connectivity index (χ2n) is 4.83. The van der Waals surface area contributed by atoms with Gasteiger partial charge in [0.1, 0.15) is 0 Å². The van der Waals surface area contributed by atoms with Gasteiger partial charge >= 0.3 is 12.0 Å². The number of aliphatic hydroxyl groups excluding tert-OH is 1. The van der Waals surface area contributed by atoms with Crippen molar-refractivity contribution in [2.75, 3.05) is 12.3 Å². The highest BCUT2D eigenvalue weighted by atomic mass is 32.2. The molecule has 25 heavy (non-hydrogen) atoms. The fraction of sp³-hybridized carbons (Fsp3) is 0.615. The third-order valence-corrected chi connectivity index (χ3v) is 3.92. The number of Topliss-reactive ketones (excluding diaryl/α,β-unsaturated/α-hetero) is 2. The fourth-order valence-corrected chi connectivity index (χ4v) is 2.32. The number of ketones is 2.